The Hall–Kier alpha value is -1.56. The molecule has 0 amide bonds. The van der Waals surface area contributed by atoms with Crippen LogP contribution < -0.4 is 5.73 Å². The highest BCUT2D eigenvalue weighted by Crippen LogP contribution is 2.39. The van der Waals surface area contributed by atoms with Gasteiger partial charge in [-0.3, -0.25) is 0 Å². The fourth-order valence-electron chi connectivity index (χ4n) is 1.87. The first-order valence-electron chi connectivity index (χ1n) is 5.66. The zero-order valence-corrected chi connectivity index (χ0v) is 14.9. The minimum Gasteiger partial charge on any atom is -0.464 e. The van der Waals surface area contributed by atoms with E-state index in [1.165, 1.54) is 17.9 Å². The Morgan fingerprint density at radius 3 is 2.73 bits per heavy atom. The molecule has 0 unspecified atom stereocenters. The van der Waals surface area contributed by atoms with Gasteiger partial charge in [-0.15, -0.1) is 0 Å². The Kier molecular flexibility index (Phi) is 4.80. The van der Waals surface area contributed by atoms with Crippen LogP contribution in [0.5, 0.6) is 0 Å². The minimum absolute atomic E-state index is 0.0337. The number of benzene rings is 1. The summed E-state index contributed by atoms with van der Waals surface area (Å²) in [5.74, 6) is -1.39. The molecule has 1 aromatic heterocycles. The summed E-state index contributed by atoms with van der Waals surface area (Å²) in [5, 5.41) is 8.92. The number of carbonyl (C=O) groups is 1. The van der Waals surface area contributed by atoms with Crippen LogP contribution in [0.25, 0.3) is 5.69 Å². The largest absolute Gasteiger partial charge is 0.464 e. The Labute approximate surface area is 146 Å². The standard InChI is InChI=1S/C13H7Br2ClFN3O2/c1-22-13(21)12-10(19)5(3-18)4-20(12)11-6(14)2-7(17)9(16)8(11)15/h2,4H,19H2,1H3. The van der Waals surface area contributed by atoms with E-state index in [2.05, 4.69) is 36.6 Å². The molecule has 0 aliphatic heterocycles. The number of nitrogen functional groups attached to an aromatic ring is 1. The molecule has 0 atom stereocenters. The number of nitrogens with zero attached hydrogens (tertiary/aromatic N) is 2. The molecule has 5 nitrogen and oxygen atoms in total. The average Bonchev–Trinajstić information content (AvgIpc) is 2.80. The van der Waals surface area contributed by atoms with Gasteiger partial charge in [-0.25, -0.2) is 9.18 Å². The quantitative estimate of drug-likeness (QED) is 0.425. The number of hydrogen-bond donors (Lipinski definition) is 1. The molecule has 0 radical (unpaired) electrons. The molecule has 2 rings (SSSR count). The second kappa shape index (κ2) is 6.28. The third-order valence-electron chi connectivity index (χ3n) is 2.87. The lowest BCUT2D eigenvalue weighted by Crippen LogP contribution is -2.12. The molecule has 22 heavy (non-hydrogen) atoms. The van der Waals surface area contributed by atoms with Crippen molar-refractivity contribution in [2.75, 3.05) is 12.8 Å². The molecule has 1 heterocycles. The number of nitrogens with two attached hydrogens (primary N) is 1. The van der Waals surface area contributed by atoms with Gasteiger partial charge in [-0.05, 0) is 37.9 Å². The lowest BCUT2D eigenvalue weighted by atomic mass is 10.2. The van der Waals surface area contributed by atoms with Crippen molar-refractivity contribution >= 4 is 55.1 Å². The average molecular weight is 451 g/mol. The molecule has 0 spiro atoms. The molecular weight excluding hydrogens is 444 g/mol. The maximum Gasteiger partial charge on any atom is 0.357 e. The van der Waals surface area contributed by atoms with E-state index in [9.17, 15) is 9.18 Å². The molecule has 0 aliphatic carbocycles. The summed E-state index contributed by atoms with van der Waals surface area (Å²) in [6.07, 6.45) is 1.35. The van der Waals surface area contributed by atoms with Gasteiger partial charge in [0, 0.05) is 10.7 Å². The molecule has 0 saturated heterocycles. The zero-order valence-electron chi connectivity index (χ0n) is 11.0. The van der Waals surface area contributed by atoms with Crippen LogP contribution in [0.2, 0.25) is 5.02 Å². The van der Waals surface area contributed by atoms with Crippen molar-refractivity contribution in [3.8, 4) is 11.8 Å². The number of esters is 1. The van der Waals surface area contributed by atoms with Gasteiger partial charge in [0.15, 0.2) is 5.69 Å². The van der Waals surface area contributed by atoms with Crippen molar-refractivity contribution in [2.24, 2.45) is 0 Å². The summed E-state index contributed by atoms with van der Waals surface area (Å²) < 4.78 is 20.2. The molecule has 114 valence electrons. The lowest BCUT2D eigenvalue weighted by Gasteiger charge is -2.14. The summed E-state index contributed by atoms with van der Waals surface area (Å²) in [6.45, 7) is 0. The van der Waals surface area contributed by atoms with Gasteiger partial charge in [-0.2, -0.15) is 5.26 Å². The summed E-state index contributed by atoms with van der Waals surface area (Å²) in [5.41, 5.74) is 6.13. The third-order valence-corrected chi connectivity index (χ3v) is 4.85. The number of aromatic nitrogens is 1. The van der Waals surface area contributed by atoms with E-state index in [-0.39, 0.29) is 26.4 Å². The van der Waals surface area contributed by atoms with Gasteiger partial charge in [-0.1, -0.05) is 11.6 Å². The van der Waals surface area contributed by atoms with E-state index < -0.39 is 11.8 Å². The zero-order chi connectivity index (χ0) is 16.6. The molecule has 1 aromatic carbocycles. The van der Waals surface area contributed by atoms with E-state index in [1.807, 2.05) is 6.07 Å². The highest BCUT2D eigenvalue weighted by atomic mass is 79.9. The Morgan fingerprint density at radius 2 is 2.18 bits per heavy atom. The van der Waals surface area contributed by atoms with Crippen molar-refractivity contribution in [3.63, 3.8) is 0 Å². The third kappa shape index (κ3) is 2.60. The minimum atomic E-state index is -0.738. The highest BCUT2D eigenvalue weighted by molar-refractivity contribution is 9.11. The molecule has 2 aromatic rings. The first-order valence-corrected chi connectivity index (χ1v) is 7.62. The van der Waals surface area contributed by atoms with Crippen LogP contribution in [0.4, 0.5) is 10.1 Å². The summed E-state index contributed by atoms with van der Waals surface area (Å²) >= 11 is 12.3. The van der Waals surface area contributed by atoms with E-state index >= 15 is 0 Å². The highest BCUT2D eigenvalue weighted by Gasteiger charge is 2.25. The van der Waals surface area contributed by atoms with E-state index in [4.69, 9.17) is 22.6 Å². The van der Waals surface area contributed by atoms with Crippen molar-refractivity contribution in [1.82, 2.24) is 4.57 Å². The van der Waals surface area contributed by atoms with Crippen molar-refractivity contribution < 1.29 is 13.9 Å². The van der Waals surface area contributed by atoms with Crippen LogP contribution in [0.3, 0.4) is 0 Å². The number of rotatable bonds is 2. The van der Waals surface area contributed by atoms with Crippen molar-refractivity contribution in [3.05, 3.63) is 43.3 Å². The van der Waals surface area contributed by atoms with Gasteiger partial charge >= 0.3 is 5.97 Å². The fraction of sp³-hybridized carbons (Fsp3) is 0.0769. The SMILES string of the molecule is COC(=O)c1c(N)c(C#N)cn1-c1c(Br)cc(F)c(Cl)c1Br. The molecule has 0 bridgehead atoms. The molecule has 9 heteroatoms. The molecular formula is C13H7Br2ClFN3O2. The number of hydrogen-bond acceptors (Lipinski definition) is 4. The van der Waals surface area contributed by atoms with Crippen LogP contribution >= 0.6 is 43.5 Å². The molecule has 0 saturated carbocycles. The van der Waals surface area contributed by atoms with Gasteiger partial charge in [0.1, 0.15) is 11.9 Å². The maximum atomic E-state index is 13.6. The van der Waals surface area contributed by atoms with Gasteiger partial charge < -0.3 is 15.0 Å². The van der Waals surface area contributed by atoms with Crippen LogP contribution in [0, 0.1) is 17.1 Å². The van der Waals surface area contributed by atoms with Crippen LogP contribution in [0.1, 0.15) is 16.1 Å². The molecule has 2 N–H and O–H groups in total. The second-order valence-electron chi connectivity index (χ2n) is 4.10. The van der Waals surface area contributed by atoms with E-state index in [0.717, 1.165) is 6.07 Å². The monoisotopic (exact) mass is 449 g/mol. The number of carbonyl (C=O) groups excluding carboxylic acids is 1. The number of methoxy groups -OCH3 is 1. The van der Waals surface area contributed by atoms with Crippen molar-refractivity contribution in [1.29, 1.82) is 5.26 Å². The predicted octanol–water partition coefficient (Wildman–Crippen LogP) is 4.04. The van der Waals surface area contributed by atoms with Gasteiger partial charge in [0.25, 0.3) is 0 Å². The number of anilines is 1. The molecule has 0 aliphatic rings. The van der Waals surface area contributed by atoms with E-state index in [0.29, 0.717) is 10.2 Å². The Bertz CT molecular complexity index is 830. The smallest absolute Gasteiger partial charge is 0.357 e. The van der Waals surface area contributed by atoms with Gasteiger partial charge in [0.2, 0.25) is 0 Å². The van der Waals surface area contributed by atoms with Crippen LogP contribution in [0.15, 0.2) is 21.2 Å². The normalized spacial score (nSPS) is 10.4. The lowest BCUT2D eigenvalue weighted by molar-refractivity contribution is 0.0593. The van der Waals surface area contributed by atoms with Gasteiger partial charge in [0.05, 0.1) is 33.5 Å². The fourth-order valence-corrected chi connectivity index (χ4v) is 3.46. The maximum absolute atomic E-state index is 13.6. The first kappa shape index (κ1) is 16.8. The number of nitriles is 1. The second-order valence-corrected chi connectivity index (χ2v) is 6.12. The molecule has 0 fully saturated rings. The Balaban J connectivity index is 2.88. The van der Waals surface area contributed by atoms with E-state index in [1.54, 1.807) is 0 Å². The number of ether oxygens (including phenoxy) is 1. The van der Waals surface area contributed by atoms with Crippen LogP contribution in [-0.4, -0.2) is 17.6 Å². The summed E-state index contributed by atoms with van der Waals surface area (Å²) in [4.78, 5) is 12.0. The number of halogens is 4. The Morgan fingerprint density at radius 1 is 1.55 bits per heavy atom. The predicted molar refractivity (Wildman–Crippen MR) is 86.6 cm³/mol. The first-order chi connectivity index (χ1) is 10.3. The summed E-state index contributed by atoms with van der Waals surface area (Å²) in [7, 11) is 1.19. The van der Waals surface area contributed by atoms with Crippen LogP contribution in [-0.2, 0) is 4.74 Å². The van der Waals surface area contributed by atoms with Crippen molar-refractivity contribution in [2.45, 2.75) is 0 Å². The summed E-state index contributed by atoms with van der Waals surface area (Å²) in [6, 6.07) is 3.02. The topological polar surface area (TPSA) is 81.0 Å².